The molecule has 0 atom stereocenters. The Labute approximate surface area is 305 Å². The van der Waals surface area contributed by atoms with Crippen molar-refractivity contribution in [3.63, 3.8) is 0 Å². The SMILES string of the molecule is Cc1cccc(C)c1[N-]/C=C1/C=CC=CC1=Nc1c(C(C)C)cccc1C(C)C.[Ni].c1ccc([PH+](c2ccccc2)c2ccccc2)cc1. The van der Waals surface area contributed by atoms with Gasteiger partial charge in [-0.2, -0.15) is 6.20 Å². The molecule has 0 aromatic heterocycles. The van der Waals surface area contributed by atoms with Crippen LogP contribution in [0.5, 0.6) is 0 Å². The molecule has 0 saturated carbocycles. The molecule has 0 amide bonds. The quantitative estimate of drug-likeness (QED) is 0.114. The minimum absolute atomic E-state index is 0. The number of hydrogen-bond acceptors (Lipinski definition) is 1. The minimum Gasteiger partial charge on any atom is -0.663 e. The van der Waals surface area contributed by atoms with Crippen LogP contribution in [0.25, 0.3) is 5.32 Å². The van der Waals surface area contributed by atoms with Gasteiger partial charge >= 0.3 is 0 Å². The molecule has 0 heterocycles. The molecule has 0 fully saturated rings. The van der Waals surface area contributed by atoms with Crippen molar-refractivity contribution in [1.82, 2.24) is 0 Å². The van der Waals surface area contributed by atoms with Crippen LogP contribution in [0, 0.1) is 13.8 Å². The maximum Gasteiger partial charge on any atom is 0.102 e. The van der Waals surface area contributed by atoms with Gasteiger partial charge in [-0.25, -0.2) is 4.99 Å². The summed E-state index contributed by atoms with van der Waals surface area (Å²) in [4.78, 5) is 5.15. The van der Waals surface area contributed by atoms with E-state index in [1.807, 2.05) is 18.4 Å². The molecule has 2 nitrogen and oxygen atoms in total. The molecule has 0 radical (unpaired) electrons. The fourth-order valence-electron chi connectivity index (χ4n) is 5.92. The molecule has 0 unspecified atom stereocenters. The van der Waals surface area contributed by atoms with Gasteiger partial charge in [-0.15, -0.1) is 5.69 Å². The van der Waals surface area contributed by atoms with Gasteiger partial charge in [0.15, 0.2) is 0 Å². The maximum absolute atomic E-state index is 5.15. The summed E-state index contributed by atoms with van der Waals surface area (Å²) < 4.78 is 0. The summed E-state index contributed by atoms with van der Waals surface area (Å²) in [5.41, 5.74) is 9.07. The molecule has 0 saturated heterocycles. The van der Waals surface area contributed by atoms with Crippen molar-refractivity contribution in [2.45, 2.75) is 53.4 Å². The molecule has 5 aromatic carbocycles. The van der Waals surface area contributed by atoms with Crippen LogP contribution in [0.2, 0.25) is 0 Å². The van der Waals surface area contributed by atoms with Gasteiger partial charge in [-0.05, 0) is 84.9 Å². The first kappa shape index (κ1) is 37.5. The molecule has 0 aliphatic heterocycles. The van der Waals surface area contributed by atoms with Gasteiger partial charge in [0.1, 0.15) is 15.9 Å². The number of benzene rings is 5. The summed E-state index contributed by atoms with van der Waals surface area (Å²) in [6.45, 7) is 13.1. The first-order valence-electron chi connectivity index (χ1n) is 16.9. The molecule has 252 valence electrons. The number of rotatable bonds is 8. The Bertz CT molecular complexity index is 1770. The zero-order valence-corrected chi connectivity index (χ0v) is 31.4. The van der Waals surface area contributed by atoms with Crippen LogP contribution in [-0.4, -0.2) is 5.71 Å². The third-order valence-corrected chi connectivity index (χ3v) is 11.2. The van der Waals surface area contributed by atoms with Crippen LogP contribution >= 0.6 is 7.92 Å². The van der Waals surface area contributed by atoms with Gasteiger partial charge in [0.25, 0.3) is 0 Å². The Morgan fingerprint density at radius 1 is 0.551 bits per heavy atom. The van der Waals surface area contributed by atoms with E-state index in [0.717, 1.165) is 22.7 Å². The zero-order chi connectivity index (χ0) is 33.9. The fourth-order valence-corrected chi connectivity index (χ4v) is 8.50. The summed E-state index contributed by atoms with van der Waals surface area (Å²) >= 11 is 0. The standard InChI is InChI=1S/C27H31N2.C18H15P.Ni/c1-18(2)23-14-10-15-24(19(3)4)27(23)29-25-16-8-7-13-22(25)17-28-26-20(5)11-9-12-21(26)6;1-4-10-16(11-5-1)19(17-12-6-2-7-13-17)18-14-8-3-9-15-18;/h7-19H,1-6H3;1-15H;/q-1;;/p+1/b22-17-,29-25?;;. The van der Waals surface area contributed by atoms with E-state index in [9.17, 15) is 0 Å². The number of allylic oxidation sites excluding steroid dienone is 5. The minimum atomic E-state index is -0.877. The number of aryl methyl sites for hydroxylation is 2. The Morgan fingerprint density at radius 3 is 1.43 bits per heavy atom. The molecule has 0 N–H and O–H groups in total. The van der Waals surface area contributed by atoms with Crippen molar-refractivity contribution in [2.24, 2.45) is 4.99 Å². The Hall–Kier alpha value is -4.29. The second-order valence-electron chi connectivity index (χ2n) is 12.7. The van der Waals surface area contributed by atoms with Gasteiger partial charge < -0.3 is 5.32 Å². The molecule has 1 aliphatic carbocycles. The van der Waals surface area contributed by atoms with E-state index in [2.05, 4.69) is 181 Å². The monoisotopic (exact) mass is 704 g/mol. The largest absolute Gasteiger partial charge is 0.663 e. The van der Waals surface area contributed by atoms with Crippen LogP contribution < -0.4 is 15.9 Å². The molecule has 0 spiro atoms. The average Bonchev–Trinajstić information content (AvgIpc) is 3.10. The molecule has 4 heteroatoms. The van der Waals surface area contributed by atoms with Crippen molar-refractivity contribution in [3.05, 3.63) is 191 Å². The molecule has 1 aliphatic rings. The summed E-state index contributed by atoms with van der Waals surface area (Å²) in [5, 5.41) is 9.11. The van der Waals surface area contributed by atoms with Gasteiger partial charge in [0, 0.05) is 16.5 Å². The Balaban J connectivity index is 0.000000234. The second kappa shape index (κ2) is 18.5. The number of nitrogens with zero attached hydrogens (tertiary/aromatic N) is 2. The second-order valence-corrected chi connectivity index (χ2v) is 15.2. The Kier molecular flexibility index (Phi) is 14.1. The maximum atomic E-state index is 5.15. The van der Waals surface area contributed by atoms with Gasteiger partial charge in [0.05, 0.1) is 19.3 Å². The first-order valence-corrected chi connectivity index (χ1v) is 18.4. The molecular formula is C45H47N2NiP. The summed E-state index contributed by atoms with van der Waals surface area (Å²) in [5.74, 6) is 0.839. The van der Waals surface area contributed by atoms with Crippen LogP contribution in [0.4, 0.5) is 11.4 Å². The summed E-state index contributed by atoms with van der Waals surface area (Å²) in [7, 11) is -0.877. The van der Waals surface area contributed by atoms with Crippen LogP contribution in [0.15, 0.2) is 168 Å². The van der Waals surface area contributed by atoms with Crippen molar-refractivity contribution < 1.29 is 16.5 Å². The number of para-hydroxylation sites is 2. The van der Waals surface area contributed by atoms with Crippen molar-refractivity contribution >= 4 is 40.9 Å². The van der Waals surface area contributed by atoms with Crippen LogP contribution in [0.1, 0.15) is 61.8 Å². The topological polar surface area (TPSA) is 26.5 Å². The molecular weight excluding hydrogens is 658 g/mol. The third kappa shape index (κ3) is 9.89. The fraction of sp³-hybridized carbons (Fsp3) is 0.178. The number of hydrogen-bond donors (Lipinski definition) is 0. The van der Waals surface area contributed by atoms with Gasteiger partial charge in [-0.3, -0.25) is 0 Å². The molecule has 0 bridgehead atoms. The van der Waals surface area contributed by atoms with Crippen LogP contribution in [0.3, 0.4) is 0 Å². The predicted molar refractivity (Wildman–Crippen MR) is 214 cm³/mol. The summed E-state index contributed by atoms with van der Waals surface area (Å²) in [6.07, 6.45) is 10.2. The smallest absolute Gasteiger partial charge is 0.102 e. The number of aliphatic imine (C=N–C) groups is 1. The van der Waals surface area contributed by atoms with Gasteiger partial charge in [0.2, 0.25) is 0 Å². The van der Waals surface area contributed by atoms with Crippen molar-refractivity contribution in [1.29, 1.82) is 0 Å². The summed E-state index contributed by atoms with van der Waals surface area (Å²) in [6, 6.07) is 45.3. The van der Waals surface area contributed by atoms with E-state index in [-0.39, 0.29) is 16.5 Å². The van der Waals surface area contributed by atoms with Crippen LogP contribution in [-0.2, 0) is 16.5 Å². The normalized spacial score (nSPS) is 13.8. The van der Waals surface area contributed by atoms with E-state index in [1.165, 1.54) is 38.2 Å². The van der Waals surface area contributed by atoms with E-state index in [1.54, 1.807) is 0 Å². The Morgan fingerprint density at radius 2 is 0.980 bits per heavy atom. The molecule has 6 rings (SSSR count). The average molecular weight is 706 g/mol. The predicted octanol–water partition coefficient (Wildman–Crippen LogP) is 11.5. The van der Waals surface area contributed by atoms with Gasteiger partial charge in [-0.1, -0.05) is 148 Å². The van der Waals surface area contributed by atoms with E-state index in [0.29, 0.717) is 11.8 Å². The zero-order valence-electron chi connectivity index (χ0n) is 29.4. The van der Waals surface area contributed by atoms with Crippen molar-refractivity contribution in [3.8, 4) is 0 Å². The molecule has 5 aromatic rings. The van der Waals surface area contributed by atoms with E-state index in [4.69, 9.17) is 10.3 Å². The molecule has 49 heavy (non-hydrogen) atoms. The van der Waals surface area contributed by atoms with Crippen molar-refractivity contribution in [2.75, 3.05) is 0 Å². The van der Waals surface area contributed by atoms with E-state index < -0.39 is 7.92 Å². The van der Waals surface area contributed by atoms with E-state index >= 15 is 0 Å². The third-order valence-electron chi connectivity index (χ3n) is 8.47. The first-order chi connectivity index (χ1) is 23.3.